The molecule has 4 nitrogen and oxygen atoms in total. The van der Waals surface area contributed by atoms with E-state index in [4.69, 9.17) is 15.3 Å². The fourth-order valence-electron chi connectivity index (χ4n) is 1.11. The molecule has 0 radical (unpaired) electrons. The topological polar surface area (TPSA) is 72.5 Å². The average molecular weight is 233 g/mol. The Morgan fingerprint density at radius 2 is 2.00 bits per heavy atom. The number of hydrogen-bond donors (Lipinski definition) is 2. The van der Waals surface area contributed by atoms with Crippen molar-refractivity contribution >= 4 is 15.0 Å². The lowest BCUT2D eigenvalue weighted by atomic mass is 10.1. The summed E-state index contributed by atoms with van der Waals surface area (Å²) in [6.45, 7) is 10.4. The zero-order chi connectivity index (χ0) is 12.2. The van der Waals surface area contributed by atoms with Crippen LogP contribution in [0.2, 0.25) is 11.6 Å². The van der Waals surface area contributed by atoms with Crippen LogP contribution in [0.4, 0.5) is 0 Å². The van der Waals surface area contributed by atoms with Crippen LogP contribution < -0.4 is 5.73 Å². The number of carboxylic acid groups (broad SMARTS) is 1. The minimum Gasteiger partial charge on any atom is -0.481 e. The molecule has 3 N–H and O–H groups in total. The normalized spacial score (nSPS) is 18.3. The van der Waals surface area contributed by atoms with E-state index in [-0.39, 0.29) is 17.7 Å². The Kier molecular flexibility index (Phi) is 5.48. The highest BCUT2D eigenvalue weighted by Gasteiger charge is 2.30. The second kappa shape index (κ2) is 5.63. The zero-order valence-corrected chi connectivity index (χ0v) is 11.4. The Balaban J connectivity index is 4.34. The lowest BCUT2D eigenvalue weighted by molar-refractivity contribution is -0.144. The minimum atomic E-state index is -1.38. The van der Waals surface area contributed by atoms with Gasteiger partial charge in [0.15, 0.2) is 9.04 Å². The summed E-state index contributed by atoms with van der Waals surface area (Å²) in [5.41, 5.74) is 5.41. The van der Waals surface area contributed by atoms with E-state index in [1.165, 1.54) is 0 Å². The predicted molar refractivity (Wildman–Crippen MR) is 63.5 cm³/mol. The Hall–Kier alpha value is -0.393. The first-order chi connectivity index (χ1) is 6.70. The van der Waals surface area contributed by atoms with Crippen molar-refractivity contribution < 1.29 is 14.3 Å². The Bertz CT molecular complexity index is 215. The Labute approximate surface area is 93.5 Å². The molecule has 0 saturated carbocycles. The van der Waals surface area contributed by atoms with Crippen molar-refractivity contribution in [3.8, 4) is 0 Å². The van der Waals surface area contributed by atoms with Crippen LogP contribution in [-0.4, -0.2) is 32.8 Å². The van der Waals surface area contributed by atoms with E-state index in [2.05, 4.69) is 27.3 Å². The molecule has 15 heavy (non-hydrogen) atoms. The summed E-state index contributed by atoms with van der Waals surface area (Å²) >= 11 is 0. The highest BCUT2D eigenvalue weighted by Crippen LogP contribution is 2.28. The van der Waals surface area contributed by atoms with Gasteiger partial charge in [-0.25, -0.2) is 0 Å². The van der Waals surface area contributed by atoms with Gasteiger partial charge in [0.2, 0.25) is 0 Å². The molecule has 0 aromatic rings. The molecule has 3 atom stereocenters. The summed E-state index contributed by atoms with van der Waals surface area (Å²) < 4.78 is 5.81. The van der Waals surface area contributed by atoms with Gasteiger partial charge in [-0.2, -0.15) is 0 Å². The van der Waals surface area contributed by atoms with E-state index < -0.39 is 20.9 Å². The molecule has 0 rings (SSSR count). The largest absolute Gasteiger partial charge is 0.481 e. The van der Waals surface area contributed by atoms with Gasteiger partial charge in [-0.1, -0.05) is 20.8 Å². The fraction of sp³-hybridized carbons (Fsp3) is 0.900. The van der Waals surface area contributed by atoms with E-state index >= 15 is 0 Å². The van der Waals surface area contributed by atoms with Gasteiger partial charge in [-0.05, 0) is 18.5 Å². The molecule has 0 aliphatic rings. The number of carbonyl (C=O) groups is 1. The summed E-state index contributed by atoms with van der Waals surface area (Å²) in [6.07, 6.45) is -0.298. The fourth-order valence-corrected chi connectivity index (χ4v) is 2.36. The third kappa shape index (κ3) is 4.77. The van der Waals surface area contributed by atoms with Gasteiger partial charge < -0.3 is 15.3 Å². The smallest absolute Gasteiger partial charge is 0.310 e. The van der Waals surface area contributed by atoms with Crippen molar-refractivity contribution in [2.75, 3.05) is 6.54 Å². The number of nitrogens with two attached hydrogens (primary N) is 1. The second-order valence-corrected chi connectivity index (χ2v) is 8.32. The quantitative estimate of drug-likeness (QED) is 0.700. The lowest BCUT2D eigenvalue weighted by Crippen LogP contribution is -2.39. The SMILES string of the molecule is C[C@@H](O[SiH](C)C(C)(C)C)[C@H](CN)C(=O)O. The van der Waals surface area contributed by atoms with Crippen LogP contribution in [0.15, 0.2) is 0 Å². The van der Waals surface area contributed by atoms with Crippen LogP contribution in [0.1, 0.15) is 27.7 Å². The zero-order valence-electron chi connectivity index (χ0n) is 10.3. The number of hydrogen-bond acceptors (Lipinski definition) is 3. The third-order valence-corrected chi connectivity index (χ3v) is 6.05. The first-order valence-corrected chi connectivity index (χ1v) is 7.48. The highest BCUT2D eigenvalue weighted by molar-refractivity contribution is 6.53. The van der Waals surface area contributed by atoms with Crippen molar-refractivity contribution in [3.05, 3.63) is 0 Å². The van der Waals surface area contributed by atoms with Crippen molar-refractivity contribution in [2.24, 2.45) is 11.7 Å². The maximum absolute atomic E-state index is 10.9. The van der Waals surface area contributed by atoms with E-state index in [1.54, 1.807) is 6.92 Å². The van der Waals surface area contributed by atoms with E-state index in [9.17, 15) is 4.79 Å². The van der Waals surface area contributed by atoms with Gasteiger partial charge in [0.05, 0.1) is 12.0 Å². The second-order valence-electron chi connectivity index (χ2n) is 5.03. The van der Waals surface area contributed by atoms with Gasteiger partial charge in [0, 0.05) is 6.54 Å². The predicted octanol–water partition coefficient (Wildman–Crippen LogP) is 1.20. The molecule has 5 heteroatoms. The average Bonchev–Trinajstić information content (AvgIpc) is 2.02. The van der Waals surface area contributed by atoms with Crippen molar-refractivity contribution in [1.29, 1.82) is 0 Å². The number of rotatable bonds is 5. The maximum Gasteiger partial charge on any atom is 0.310 e. The number of carboxylic acids is 1. The van der Waals surface area contributed by atoms with Gasteiger partial charge in [-0.15, -0.1) is 0 Å². The first-order valence-electron chi connectivity index (χ1n) is 5.28. The summed E-state index contributed by atoms with van der Waals surface area (Å²) in [5, 5.41) is 9.06. The molecule has 0 aromatic carbocycles. The molecule has 0 fully saturated rings. The van der Waals surface area contributed by atoms with Gasteiger partial charge in [-0.3, -0.25) is 4.79 Å². The van der Waals surface area contributed by atoms with Crippen molar-refractivity contribution in [2.45, 2.75) is 45.4 Å². The molecule has 0 bridgehead atoms. The third-order valence-electron chi connectivity index (χ3n) is 2.78. The molecule has 0 spiro atoms. The monoisotopic (exact) mass is 233 g/mol. The molecule has 90 valence electrons. The van der Waals surface area contributed by atoms with Crippen LogP contribution in [0.3, 0.4) is 0 Å². The molecule has 0 saturated heterocycles. The molecule has 0 heterocycles. The van der Waals surface area contributed by atoms with Crippen molar-refractivity contribution in [3.63, 3.8) is 0 Å². The first kappa shape index (κ1) is 14.6. The molecular formula is C10H23NO3Si. The van der Waals surface area contributed by atoms with Gasteiger partial charge >= 0.3 is 5.97 Å². The lowest BCUT2D eigenvalue weighted by Gasteiger charge is -2.30. The summed E-state index contributed by atoms with van der Waals surface area (Å²) in [4.78, 5) is 10.9. The standard InChI is InChI=1S/C10H23NO3Si/c1-7(8(6-11)9(12)13)14-15(5)10(2,3)4/h7-8,15H,6,11H2,1-5H3,(H,12,13)/t7-,8+,15?/m1/s1. The molecular weight excluding hydrogens is 210 g/mol. The summed E-state index contributed by atoms with van der Waals surface area (Å²) in [5.74, 6) is -1.47. The molecule has 1 unspecified atom stereocenters. The van der Waals surface area contributed by atoms with Crippen LogP contribution >= 0.6 is 0 Å². The van der Waals surface area contributed by atoms with E-state index in [1.807, 2.05) is 0 Å². The highest BCUT2D eigenvalue weighted by atomic mass is 28.3. The van der Waals surface area contributed by atoms with Crippen LogP contribution in [0.5, 0.6) is 0 Å². The summed E-state index contributed by atoms with van der Waals surface area (Å²) in [6, 6.07) is 0. The maximum atomic E-state index is 10.9. The number of aliphatic carboxylic acids is 1. The van der Waals surface area contributed by atoms with Crippen LogP contribution in [-0.2, 0) is 9.22 Å². The Morgan fingerprint density at radius 3 is 2.27 bits per heavy atom. The van der Waals surface area contributed by atoms with Crippen molar-refractivity contribution in [1.82, 2.24) is 0 Å². The summed E-state index contributed by atoms with van der Waals surface area (Å²) in [7, 11) is -1.38. The Morgan fingerprint density at radius 1 is 1.53 bits per heavy atom. The molecule has 0 aliphatic carbocycles. The molecule has 0 amide bonds. The molecule has 0 aromatic heterocycles. The van der Waals surface area contributed by atoms with E-state index in [0.717, 1.165) is 0 Å². The molecule has 0 aliphatic heterocycles. The van der Waals surface area contributed by atoms with E-state index in [0.29, 0.717) is 0 Å². The van der Waals surface area contributed by atoms with Gasteiger partial charge in [0.1, 0.15) is 0 Å². The van der Waals surface area contributed by atoms with Crippen LogP contribution in [0.25, 0.3) is 0 Å². The van der Waals surface area contributed by atoms with Gasteiger partial charge in [0.25, 0.3) is 0 Å². The van der Waals surface area contributed by atoms with Crippen LogP contribution in [0, 0.1) is 5.92 Å². The minimum absolute atomic E-state index is 0.127.